The summed E-state index contributed by atoms with van der Waals surface area (Å²) in [5.41, 5.74) is 2.64. The topological polar surface area (TPSA) is 50.4 Å². The van der Waals surface area contributed by atoms with Crippen LogP contribution in [0.25, 0.3) is 0 Å². The van der Waals surface area contributed by atoms with Gasteiger partial charge in [-0.1, -0.05) is 13.0 Å². The van der Waals surface area contributed by atoms with E-state index < -0.39 is 0 Å². The smallest absolute Gasteiger partial charge is 0.253 e. The number of anilines is 1. The zero-order valence-electron chi connectivity index (χ0n) is 13.3. The third-order valence-electron chi connectivity index (χ3n) is 4.00. The first kappa shape index (κ1) is 15.8. The fraction of sp³-hybridized carbons (Fsp3) is 0.588. The molecule has 0 spiro atoms. The lowest BCUT2D eigenvalue weighted by Crippen LogP contribution is -2.49. The Morgan fingerprint density at radius 3 is 2.71 bits per heavy atom. The molecule has 1 fully saturated rings. The summed E-state index contributed by atoms with van der Waals surface area (Å²) in [4.78, 5) is 12.6. The highest BCUT2D eigenvalue weighted by molar-refractivity contribution is 6.00. The number of carbonyl (C=O) groups is 1. The van der Waals surface area contributed by atoms with Crippen molar-refractivity contribution < 1.29 is 9.53 Å². The molecule has 2 rings (SSSR count). The van der Waals surface area contributed by atoms with E-state index in [0.29, 0.717) is 13.2 Å². The van der Waals surface area contributed by atoms with Crippen molar-refractivity contribution in [2.45, 2.75) is 45.6 Å². The van der Waals surface area contributed by atoms with Crippen molar-refractivity contribution in [3.8, 4) is 0 Å². The number of benzene rings is 1. The van der Waals surface area contributed by atoms with Gasteiger partial charge < -0.3 is 15.4 Å². The van der Waals surface area contributed by atoms with E-state index in [4.69, 9.17) is 4.74 Å². The number of hydrogen-bond acceptors (Lipinski definition) is 3. The summed E-state index contributed by atoms with van der Waals surface area (Å²) in [6, 6.07) is 5.93. The van der Waals surface area contributed by atoms with Crippen LogP contribution in [-0.4, -0.2) is 31.2 Å². The minimum absolute atomic E-state index is 0.00185. The number of ether oxygens (including phenoxy) is 1. The Bertz CT molecular complexity index is 494. The SMILES string of the molecule is CCCNc1cc(C)ccc1C(=O)NC1(C)CCOCC1. The number of carbonyl (C=O) groups excluding carboxylic acids is 1. The molecule has 21 heavy (non-hydrogen) atoms. The summed E-state index contributed by atoms with van der Waals surface area (Å²) in [5, 5.41) is 6.54. The van der Waals surface area contributed by atoms with E-state index in [2.05, 4.69) is 24.5 Å². The van der Waals surface area contributed by atoms with Crippen LogP contribution in [0, 0.1) is 6.92 Å². The average molecular weight is 290 g/mol. The summed E-state index contributed by atoms with van der Waals surface area (Å²) < 4.78 is 5.38. The Labute approximate surface area is 127 Å². The summed E-state index contributed by atoms with van der Waals surface area (Å²) in [6.45, 7) is 8.55. The monoisotopic (exact) mass is 290 g/mol. The van der Waals surface area contributed by atoms with Gasteiger partial charge in [-0.2, -0.15) is 0 Å². The molecule has 0 radical (unpaired) electrons. The van der Waals surface area contributed by atoms with E-state index in [1.807, 2.05) is 25.1 Å². The van der Waals surface area contributed by atoms with Gasteiger partial charge in [-0.05, 0) is 50.8 Å². The first-order chi connectivity index (χ1) is 10.0. The van der Waals surface area contributed by atoms with Gasteiger partial charge in [-0.15, -0.1) is 0 Å². The lowest BCUT2D eigenvalue weighted by Gasteiger charge is -2.34. The highest BCUT2D eigenvalue weighted by atomic mass is 16.5. The van der Waals surface area contributed by atoms with Gasteiger partial charge in [-0.3, -0.25) is 4.79 Å². The molecule has 4 nitrogen and oxygen atoms in total. The predicted molar refractivity (Wildman–Crippen MR) is 85.9 cm³/mol. The molecule has 1 amide bonds. The third kappa shape index (κ3) is 4.21. The molecule has 0 bridgehead atoms. The number of amides is 1. The van der Waals surface area contributed by atoms with Crippen molar-refractivity contribution in [3.63, 3.8) is 0 Å². The largest absolute Gasteiger partial charge is 0.384 e. The van der Waals surface area contributed by atoms with Crippen LogP contribution in [0.2, 0.25) is 0 Å². The van der Waals surface area contributed by atoms with Crippen molar-refractivity contribution in [3.05, 3.63) is 29.3 Å². The molecular weight excluding hydrogens is 264 g/mol. The van der Waals surface area contributed by atoms with Crippen LogP contribution in [0.5, 0.6) is 0 Å². The van der Waals surface area contributed by atoms with E-state index >= 15 is 0 Å². The Kier molecular flexibility index (Phi) is 5.23. The molecular formula is C17H26N2O2. The second kappa shape index (κ2) is 6.94. The Balaban J connectivity index is 2.14. The molecule has 0 saturated carbocycles. The van der Waals surface area contributed by atoms with Gasteiger partial charge in [0.25, 0.3) is 5.91 Å². The molecule has 1 saturated heterocycles. The maximum absolute atomic E-state index is 12.6. The van der Waals surface area contributed by atoms with Crippen molar-refractivity contribution >= 4 is 11.6 Å². The van der Waals surface area contributed by atoms with Gasteiger partial charge in [-0.25, -0.2) is 0 Å². The average Bonchev–Trinajstić information content (AvgIpc) is 2.45. The normalized spacial score (nSPS) is 17.3. The Morgan fingerprint density at radius 2 is 2.05 bits per heavy atom. The fourth-order valence-corrected chi connectivity index (χ4v) is 2.55. The van der Waals surface area contributed by atoms with Crippen LogP contribution in [0.1, 0.15) is 49.0 Å². The lowest BCUT2D eigenvalue weighted by molar-refractivity contribution is 0.0423. The Hall–Kier alpha value is -1.55. The second-order valence-corrected chi connectivity index (χ2v) is 6.10. The summed E-state index contributed by atoms with van der Waals surface area (Å²) in [5.74, 6) is -0.00185. The number of aryl methyl sites for hydroxylation is 1. The van der Waals surface area contributed by atoms with E-state index in [1.165, 1.54) is 0 Å². The van der Waals surface area contributed by atoms with Gasteiger partial charge in [0, 0.05) is 31.0 Å². The van der Waals surface area contributed by atoms with Crippen LogP contribution >= 0.6 is 0 Å². The van der Waals surface area contributed by atoms with Gasteiger partial charge >= 0.3 is 0 Å². The van der Waals surface area contributed by atoms with E-state index in [-0.39, 0.29) is 11.4 Å². The Morgan fingerprint density at radius 1 is 1.33 bits per heavy atom. The van der Waals surface area contributed by atoms with E-state index in [1.54, 1.807) is 0 Å². The molecule has 116 valence electrons. The van der Waals surface area contributed by atoms with Crippen molar-refractivity contribution in [1.82, 2.24) is 5.32 Å². The molecule has 1 aromatic rings. The maximum Gasteiger partial charge on any atom is 0.253 e. The molecule has 2 N–H and O–H groups in total. The van der Waals surface area contributed by atoms with Crippen LogP contribution < -0.4 is 10.6 Å². The molecule has 1 aliphatic rings. The third-order valence-corrected chi connectivity index (χ3v) is 4.00. The summed E-state index contributed by atoms with van der Waals surface area (Å²) >= 11 is 0. The quantitative estimate of drug-likeness (QED) is 0.876. The molecule has 0 unspecified atom stereocenters. The first-order valence-corrected chi connectivity index (χ1v) is 7.79. The molecule has 0 aliphatic carbocycles. The summed E-state index contributed by atoms with van der Waals surface area (Å²) in [6.07, 6.45) is 2.76. The van der Waals surface area contributed by atoms with Crippen molar-refractivity contribution in [2.24, 2.45) is 0 Å². The minimum Gasteiger partial charge on any atom is -0.384 e. The van der Waals surface area contributed by atoms with E-state index in [0.717, 1.165) is 42.6 Å². The summed E-state index contributed by atoms with van der Waals surface area (Å²) in [7, 11) is 0. The second-order valence-electron chi connectivity index (χ2n) is 6.10. The van der Waals surface area contributed by atoms with Crippen LogP contribution in [0.4, 0.5) is 5.69 Å². The van der Waals surface area contributed by atoms with Crippen molar-refractivity contribution in [1.29, 1.82) is 0 Å². The van der Waals surface area contributed by atoms with Crippen LogP contribution in [0.15, 0.2) is 18.2 Å². The lowest BCUT2D eigenvalue weighted by atomic mass is 9.92. The molecule has 1 aliphatic heterocycles. The van der Waals surface area contributed by atoms with Crippen LogP contribution in [-0.2, 0) is 4.74 Å². The van der Waals surface area contributed by atoms with Crippen LogP contribution in [0.3, 0.4) is 0 Å². The number of nitrogens with one attached hydrogen (secondary N) is 2. The van der Waals surface area contributed by atoms with E-state index in [9.17, 15) is 4.79 Å². The zero-order valence-corrected chi connectivity index (χ0v) is 13.3. The predicted octanol–water partition coefficient (Wildman–Crippen LogP) is 3.12. The van der Waals surface area contributed by atoms with Gasteiger partial charge in [0.1, 0.15) is 0 Å². The standard InChI is InChI=1S/C17H26N2O2/c1-4-9-18-15-12-13(2)5-6-14(15)16(20)19-17(3)7-10-21-11-8-17/h5-6,12,18H,4,7-11H2,1-3H3,(H,19,20). The number of rotatable bonds is 5. The zero-order chi connectivity index (χ0) is 15.3. The van der Waals surface area contributed by atoms with Gasteiger partial charge in [0.05, 0.1) is 5.56 Å². The fourth-order valence-electron chi connectivity index (χ4n) is 2.55. The molecule has 0 aromatic heterocycles. The molecule has 1 heterocycles. The molecule has 1 aromatic carbocycles. The number of hydrogen-bond donors (Lipinski definition) is 2. The minimum atomic E-state index is -0.164. The van der Waals surface area contributed by atoms with Gasteiger partial charge in [0.2, 0.25) is 0 Å². The van der Waals surface area contributed by atoms with Gasteiger partial charge in [0.15, 0.2) is 0 Å². The highest BCUT2D eigenvalue weighted by Crippen LogP contribution is 2.23. The molecule has 4 heteroatoms. The first-order valence-electron chi connectivity index (χ1n) is 7.79. The van der Waals surface area contributed by atoms with Crippen molar-refractivity contribution in [2.75, 3.05) is 25.1 Å². The maximum atomic E-state index is 12.6. The highest BCUT2D eigenvalue weighted by Gasteiger charge is 2.29. The molecule has 0 atom stereocenters.